The monoisotopic (exact) mass is 456 g/mol. The number of nitrogens with one attached hydrogen (secondary N) is 1. The normalized spacial score (nSPS) is 15.6. The van der Waals surface area contributed by atoms with E-state index < -0.39 is 5.97 Å². The Kier molecular flexibility index (Phi) is 4.89. The molecule has 5 rings (SSSR count). The molecule has 0 aliphatic carbocycles. The molecule has 3 heterocycles. The number of aryl methyl sites for hydroxylation is 1. The first-order valence-corrected chi connectivity index (χ1v) is 10.9. The molecule has 0 spiro atoms. The molecule has 34 heavy (non-hydrogen) atoms. The lowest BCUT2D eigenvalue weighted by atomic mass is 9.85. The fourth-order valence-electron chi connectivity index (χ4n) is 4.46. The third kappa shape index (κ3) is 3.39. The highest BCUT2D eigenvalue weighted by Crippen LogP contribution is 2.45. The Morgan fingerprint density at radius 3 is 2.44 bits per heavy atom. The molecule has 1 aliphatic rings. The molecule has 2 aromatic heterocycles. The highest BCUT2D eigenvalue weighted by Gasteiger charge is 2.45. The van der Waals surface area contributed by atoms with Gasteiger partial charge in [0.1, 0.15) is 0 Å². The van der Waals surface area contributed by atoms with Gasteiger partial charge in [-0.25, -0.2) is 4.79 Å². The second-order valence-corrected chi connectivity index (χ2v) is 9.47. The molecule has 0 saturated heterocycles. The van der Waals surface area contributed by atoms with Crippen LogP contribution in [0.25, 0.3) is 11.3 Å². The van der Waals surface area contributed by atoms with E-state index in [-0.39, 0.29) is 23.1 Å². The summed E-state index contributed by atoms with van der Waals surface area (Å²) in [5.74, 6) is -0.981. The molecule has 1 amide bonds. The minimum Gasteiger partial charge on any atom is -0.476 e. The number of nitrogens with zero attached hydrogens (tertiary/aromatic N) is 3. The summed E-state index contributed by atoms with van der Waals surface area (Å²) in [5.41, 5.74) is 5.37. The predicted octanol–water partition coefficient (Wildman–Crippen LogP) is 5.12. The van der Waals surface area contributed by atoms with Gasteiger partial charge in [0, 0.05) is 34.0 Å². The van der Waals surface area contributed by atoms with Crippen LogP contribution < -0.4 is 4.90 Å². The van der Waals surface area contributed by atoms with Crippen LogP contribution in [0.2, 0.25) is 0 Å². The number of hydrogen-bond donors (Lipinski definition) is 2. The standard InChI is InChI=1S/C26H24N4O4/c1-14-7-5-6-8-17(14)22-20-21(27-28-23(20)26(2,3)4)24(31)30(22)16-11-9-15(10-12-16)19-13-18(25(32)33)29-34-19/h5-13,22H,1-4H3,(H,27,28)(H,32,33). The van der Waals surface area contributed by atoms with Crippen molar-refractivity contribution in [3.05, 3.63) is 88.4 Å². The molecule has 1 aliphatic heterocycles. The number of H-pyrrole nitrogens is 1. The molecule has 8 heteroatoms. The number of aromatic nitrogens is 3. The van der Waals surface area contributed by atoms with Crippen molar-refractivity contribution in [3.63, 3.8) is 0 Å². The summed E-state index contributed by atoms with van der Waals surface area (Å²) >= 11 is 0. The largest absolute Gasteiger partial charge is 0.476 e. The zero-order valence-corrected chi connectivity index (χ0v) is 19.3. The van der Waals surface area contributed by atoms with Gasteiger partial charge in [-0.2, -0.15) is 5.10 Å². The first kappa shape index (κ1) is 21.6. The molecule has 0 bridgehead atoms. The van der Waals surface area contributed by atoms with Crippen molar-refractivity contribution in [2.45, 2.75) is 39.2 Å². The zero-order chi connectivity index (χ0) is 24.2. The van der Waals surface area contributed by atoms with Gasteiger partial charge in [0.05, 0.1) is 6.04 Å². The zero-order valence-electron chi connectivity index (χ0n) is 19.3. The van der Waals surface area contributed by atoms with Gasteiger partial charge in [-0.05, 0) is 42.3 Å². The van der Waals surface area contributed by atoms with E-state index in [0.29, 0.717) is 22.7 Å². The predicted molar refractivity (Wildman–Crippen MR) is 126 cm³/mol. The van der Waals surface area contributed by atoms with Gasteiger partial charge >= 0.3 is 5.97 Å². The lowest BCUT2D eigenvalue weighted by Crippen LogP contribution is -2.30. The van der Waals surface area contributed by atoms with E-state index in [9.17, 15) is 9.59 Å². The summed E-state index contributed by atoms with van der Waals surface area (Å²) in [6.07, 6.45) is 0. The number of fused-ring (bicyclic) bond motifs is 1. The summed E-state index contributed by atoms with van der Waals surface area (Å²) in [6.45, 7) is 8.33. The lowest BCUT2D eigenvalue weighted by molar-refractivity contribution is 0.0685. The van der Waals surface area contributed by atoms with Gasteiger partial charge in [0.15, 0.2) is 17.1 Å². The fraction of sp³-hybridized carbons (Fsp3) is 0.231. The van der Waals surface area contributed by atoms with Crippen LogP contribution in [0.3, 0.4) is 0 Å². The van der Waals surface area contributed by atoms with Gasteiger partial charge in [0.25, 0.3) is 5.91 Å². The number of carboxylic acids is 1. The molecular formula is C26H24N4O4. The van der Waals surface area contributed by atoms with Gasteiger partial charge in [-0.3, -0.25) is 14.8 Å². The molecular weight excluding hydrogens is 432 g/mol. The summed E-state index contributed by atoms with van der Waals surface area (Å²) in [7, 11) is 0. The fourth-order valence-corrected chi connectivity index (χ4v) is 4.46. The Morgan fingerprint density at radius 2 is 1.82 bits per heavy atom. The van der Waals surface area contributed by atoms with E-state index in [4.69, 9.17) is 9.63 Å². The maximum atomic E-state index is 13.6. The molecule has 4 aromatic rings. The number of aromatic carboxylic acids is 1. The van der Waals surface area contributed by atoms with Crippen molar-refractivity contribution in [1.29, 1.82) is 0 Å². The minimum absolute atomic E-state index is 0.159. The van der Waals surface area contributed by atoms with E-state index in [2.05, 4.69) is 36.1 Å². The lowest BCUT2D eigenvalue weighted by Gasteiger charge is -2.29. The number of carbonyl (C=O) groups excluding carboxylic acids is 1. The Hall–Kier alpha value is -4.20. The maximum Gasteiger partial charge on any atom is 0.358 e. The van der Waals surface area contributed by atoms with E-state index in [1.54, 1.807) is 17.0 Å². The maximum absolute atomic E-state index is 13.6. The van der Waals surface area contributed by atoms with Crippen molar-refractivity contribution in [3.8, 4) is 11.3 Å². The number of carboxylic acid groups (broad SMARTS) is 1. The molecule has 8 nitrogen and oxygen atoms in total. The van der Waals surface area contributed by atoms with Crippen molar-refractivity contribution in [1.82, 2.24) is 15.4 Å². The van der Waals surface area contributed by atoms with Crippen LogP contribution in [0.15, 0.2) is 59.1 Å². The van der Waals surface area contributed by atoms with Crippen molar-refractivity contribution in [2.75, 3.05) is 4.90 Å². The smallest absolute Gasteiger partial charge is 0.358 e. The number of carbonyl (C=O) groups is 2. The third-order valence-electron chi connectivity index (χ3n) is 6.15. The number of rotatable bonds is 4. The summed E-state index contributed by atoms with van der Waals surface area (Å²) < 4.78 is 5.17. The average Bonchev–Trinajstić information content (AvgIpc) is 3.50. The van der Waals surface area contributed by atoms with Crippen molar-refractivity contribution < 1.29 is 19.2 Å². The van der Waals surface area contributed by atoms with Crippen molar-refractivity contribution in [2.24, 2.45) is 0 Å². The summed E-state index contributed by atoms with van der Waals surface area (Å²) in [4.78, 5) is 26.5. The Balaban J connectivity index is 1.61. The van der Waals surface area contributed by atoms with Gasteiger partial charge in [-0.15, -0.1) is 0 Å². The summed E-state index contributed by atoms with van der Waals surface area (Å²) in [6, 6.07) is 16.3. The van der Waals surface area contributed by atoms with Crippen LogP contribution >= 0.6 is 0 Å². The molecule has 0 radical (unpaired) electrons. The Morgan fingerprint density at radius 1 is 1.12 bits per heavy atom. The van der Waals surface area contributed by atoms with Gasteiger partial charge in [-0.1, -0.05) is 50.2 Å². The topological polar surface area (TPSA) is 112 Å². The SMILES string of the molecule is Cc1ccccc1C1c2c(n[nH]c2C(C)(C)C)C(=O)N1c1ccc(-c2cc(C(=O)O)no2)cc1. The van der Waals surface area contributed by atoms with Crippen LogP contribution in [0.1, 0.15) is 70.2 Å². The molecule has 2 N–H and O–H groups in total. The first-order chi connectivity index (χ1) is 16.2. The summed E-state index contributed by atoms with van der Waals surface area (Å²) in [5, 5.41) is 20.2. The number of hydrogen-bond acceptors (Lipinski definition) is 5. The van der Waals surface area contributed by atoms with E-state index >= 15 is 0 Å². The quantitative estimate of drug-likeness (QED) is 0.441. The molecule has 0 fully saturated rings. The average molecular weight is 457 g/mol. The molecule has 0 saturated carbocycles. The number of amides is 1. The molecule has 2 aromatic carbocycles. The van der Waals surface area contributed by atoms with E-state index in [0.717, 1.165) is 22.4 Å². The van der Waals surface area contributed by atoms with Gasteiger partial charge in [0.2, 0.25) is 0 Å². The van der Waals surface area contributed by atoms with E-state index in [1.165, 1.54) is 6.07 Å². The number of aromatic amines is 1. The highest BCUT2D eigenvalue weighted by atomic mass is 16.5. The van der Waals surface area contributed by atoms with E-state index in [1.807, 2.05) is 43.3 Å². The Labute approximate surface area is 196 Å². The third-order valence-corrected chi connectivity index (χ3v) is 6.15. The van der Waals surface area contributed by atoms with Crippen LogP contribution in [0.4, 0.5) is 5.69 Å². The van der Waals surface area contributed by atoms with Crippen LogP contribution in [-0.4, -0.2) is 32.3 Å². The van der Waals surface area contributed by atoms with Crippen LogP contribution in [-0.2, 0) is 5.41 Å². The number of benzene rings is 2. The Bertz CT molecular complexity index is 1410. The molecule has 172 valence electrons. The number of anilines is 1. The van der Waals surface area contributed by atoms with Gasteiger partial charge < -0.3 is 9.63 Å². The minimum atomic E-state index is -1.15. The second kappa shape index (κ2) is 7.69. The van der Waals surface area contributed by atoms with Crippen LogP contribution in [0, 0.1) is 6.92 Å². The molecule has 1 atom stereocenters. The highest BCUT2D eigenvalue weighted by molar-refractivity contribution is 6.11. The second-order valence-electron chi connectivity index (χ2n) is 9.47. The molecule has 1 unspecified atom stereocenters. The van der Waals surface area contributed by atoms with Crippen LogP contribution in [0.5, 0.6) is 0 Å². The first-order valence-electron chi connectivity index (χ1n) is 10.9. The van der Waals surface area contributed by atoms with Crippen molar-refractivity contribution >= 4 is 17.6 Å².